The maximum atomic E-state index is 11.8. The van der Waals surface area contributed by atoms with E-state index < -0.39 is 17.9 Å². The molecule has 0 aromatic heterocycles. The molecule has 1 aromatic rings. The summed E-state index contributed by atoms with van der Waals surface area (Å²) in [4.78, 5) is 22.5. The number of aliphatic carboxylic acids is 1. The minimum Gasteiger partial charge on any atom is -0.507 e. The number of benzene rings is 1. The lowest BCUT2D eigenvalue weighted by Crippen LogP contribution is -2.40. The minimum absolute atomic E-state index is 0.0877. The number of aryl methyl sites for hydroxylation is 1. The summed E-state index contributed by atoms with van der Waals surface area (Å²) in [6, 6.07) is 3.81. The van der Waals surface area contributed by atoms with Crippen LogP contribution in [0.15, 0.2) is 18.2 Å². The van der Waals surface area contributed by atoms with Gasteiger partial charge in [0.05, 0.1) is 5.56 Å². The zero-order valence-electron chi connectivity index (χ0n) is 9.73. The Labute approximate surface area is 99.1 Å². The molecule has 0 radical (unpaired) electrons. The van der Waals surface area contributed by atoms with Crippen molar-refractivity contribution in [3.8, 4) is 5.75 Å². The molecule has 1 aromatic carbocycles. The van der Waals surface area contributed by atoms with Crippen molar-refractivity contribution < 1.29 is 19.8 Å². The Bertz CT molecular complexity index is 442. The fourth-order valence-electron chi connectivity index (χ4n) is 1.42. The molecule has 0 spiro atoms. The number of rotatable bonds is 4. The van der Waals surface area contributed by atoms with E-state index in [1.807, 2.05) is 0 Å². The number of amides is 1. The molecule has 0 saturated heterocycles. The van der Waals surface area contributed by atoms with Crippen LogP contribution in [0, 0.1) is 6.92 Å². The second kappa shape index (κ2) is 5.34. The van der Waals surface area contributed by atoms with E-state index in [0.29, 0.717) is 5.56 Å². The van der Waals surface area contributed by atoms with E-state index in [0.717, 1.165) is 0 Å². The van der Waals surface area contributed by atoms with Crippen LogP contribution in [0.3, 0.4) is 0 Å². The molecule has 5 nitrogen and oxygen atoms in total. The molecule has 0 fully saturated rings. The summed E-state index contributed by atoms with van der Waals surface area (Å²) in [5.74, 6) is -1.79. The van der Waals surface area contributed by atoms with Crippen LogP contribution in [0.25, 0.3) is 0 Å². The summed E-state index contributed by atoms with van der Waals surface area (Å²) in [5, 5.41) is 20.9. The number of carboxylic acid groups (broad SMARTS) is 1. The highest BCUT2D eigenvalue weighted by atomic mass is 16.4. The number of phenols is 1. The van der Waals surface area contributed by atoms with Gasteiger partial charge in [0.2, 0.25) is 0 Å². The Hall–Kier alpha value is -2.04. The Morgan fingerprint density at radius 2 is 2.06 bits per heavy atom. The first-order valence-corrected chi connectivity index (χ1v) is 5.29. The molecule has 3 N–H and O–H groups in total. The minimum atomic E-state index is -1.09. The van der Waals surface area contributed by atoms with Crippen LogP contribution in [0.4, 0.5) is 0 Å². The van der Waals surface area contributed by atoms with E-state index in [9.17, 15) is 14.7 Å². The van der Waals surface area contributed by atoms with Gasteiger partial charge in [-0.3, -0.25) is 4.79 Å². The van der Waals surface area contributed by atoms with Gasteiger partial charge in [-0.1, -0.05) is 19.1 Å². The smallest absolute Gasteiger partial charge is 0.326 e. The van der Waals surface area contributed by atoms with E-state index in [2.05, 4.69) is 5.32 Å². The average Bonchev–Trinajstić information content (AvgIpc) is 2.28. The summed E-state index contributed by atoms with van der Waals surface area (Å²) in [7, 11) is 0. The van der Waals surface area contributed by atoms with Crippen LogP contribution in [0.5, 0.6) is 5.75 Å². The lowest BCUT2D eigenvalue weighted by atomic mass is 10.1. The Balaban J connectivity index is 2.90. The molecule has 1 amide bonds. The van der Waals surface area contributed by atoms with Crippen molar-refractivity contribution in [2.45, 2.75) is 26.3 Å². The number of carbonyl (C=O) groups excluding carboxylic acids is 1. The van der Waals surface area contributed by atoms with E-state index >= 15 is 0 Å². The first-order chi connectivity index (χ1) is 7.97. The molecular formula is C12H15NO4. The Morgan fingerprint density at radius 3 is 2.59 bits per heavy atom. The van der Waals surface area contributed by atoms with E-state index in [1.54, 1.807) is 26.0 Å². The van der Waals surface area contributed by atoms with Gasteiger partial charge >= 0.3 is 5.97 Å². The summed E-state index contributed by atoms with van der Waals surface area (Å²) >= 11 is 0. The van der Waals surface area contributed by atoms with Gasteiger partial charge in [-0.15, -0.1) is 0 Å². The van der Waals surface area contributed by atoms with Crippen molar-refractivity contribution in [3.63, 3.8) is 0 Å². The van der Waals surface area contributed by atoms with Crippen molar-refractivity contribution in [1.82, 2.24) is 5.32 Å². The molecule has 0 aliphatic rings. The van der Waals surface area contributed by atoms with Crippen LogP contribution in [0.2, 0.25) is 0 Å². The van der Waals surface area contributed by atoms with Crippen LogP contribution in [-0.2, 0) is 4.79 Å². The maximum Gasteiger partial charge on any atom is 0.326 e. The molecule has 1 atom stereocenters. The van der Waals surface area contributed by atoms with Gasteiger partial charge in [-0.2, -0.15) is 0 Å². The van der Waals surface area contributed by atoms with Crippen LogP contribution >= 0.6 is 0 Å². The molecule has 17 heavy (non-hydrogen) atoms. The fourth-order valence-corrected chi connectivity index (χ4v) is 1.42. The van der Waals surface area contributed by atoms with Gasteiger partial charge in [-0.25, -0.2) is 4.79 Å². The molecule has 0 heterocycles. The zero-order chi connectivity index (χ0) is 13.0. The number of carbonyl (C=O) groups is 2. The van der Waals surface area contributed by atoms with Crippen LogP contribution < -0.4 is 5.32 Å². The van der Waals surface area contributed by atoms with Gasteiger partial charge in [0.15, 0.2) is 0 Å². The van der Waals surface area contributed by atoms with Crippen LogP contribution in [-0.4, -0.2) is 28.1 Å². The van der Waals surface area contributed by atoms with Crippen LogP contribution in [0.1, 0.15) is 29.3 Å². The summed E-state index contributed by atoms with van der Waals surface area (Å²) in [6.07, 6.45) is 0.285. The average molecular weight is 237 g/mol. The number of aromatic hydroxyl groups is 1. The molecule has 92 valence electrons. The number of hydrogen-bond acceptors (Lipinski definition) is 3. The third-order valence-corrected chi connectivity index (χ3v) is 2.49. The molecule has 0 aliphatic carbocycles. The van der Waals surface area contributed by atoms with Gasteiger partial charge in [-0.05, 0) is 25.0 Å². The van der Waals surface area contributed by atoms with Crippen molar-refractivity contribution in [3.05, 3.63) is 29.3 Å². The molecule has 0 aliphatic heterocycles. The number of para-hydroxylation sites is 1. The number of carboxylic acids is 1. The molecule has 0 saturated carbocycles. The lowest BCUT2D eigenvalue weighted by Gasteiger charge is -2.13. The topological polar surface area (TPSA) is 86.6 Å². The Morgan fingerprint density at radius 1 is 1.41 bits per heavy atom. The number of hydrogen-bond donors (Lipinski definition) is 3. The first kappa shape index (κ1) is 13.0. The predicted octanol–water partition coefficient (Wildman–Crippen LogP) is 1.29. The normalized spacial score (nSPS) is 11.9. The fraction of sp³-hybridized carbons (Fsp3) is 0.333. The monoisotopic (exact) mass is 237 g/mol. The molecule has 1 rings (SSSR count). The van der Waals surface area contributed by atoms with Crippen molar-refractivity contribution in [2.75, 3.05) is 0 Å². The van der Waals surface area contributed by atoms with Crippen molar-refractivity contribution >= 4 is 11.9 Å². The molecule has 5 heteroatoms. The van der Waals surface area contributed by atoms with Gasteiger partial charge in [0, 0.05) is 0 Å². The largest absolute Gasteiger partial charge is 0.507 e. The Kier molecular flexibility index (Phi) is 4.09. The van der Waals surface area contributed by atoms with E-state index in [1.165, 1.54) is 6.07 Å². The lowest BCUT2D eigenvalue weighted by molar-refractivity contribution is -0.139. The van der Waals surface area contributed by atoms with Gasteiger partial charge in [0.25, 0.3) is 5.91 Å². The third-order valence-electron chi connectivity index (χ3n) is 2.49. The second-order valence-corrected chi connectivity index (χ2v) is 3.74. The van der Waals surface area contributed by atoms with E-state index in [4.69, 9.17) is 5.11 Å². The quantitative estimate of drug-likeness (QED) is 0.736. The summed E-state index contributed by atoms with van der Waals surface area (Å²) < 4.78 is 0. The first-order valence-electron chi connectivity index (χ1n) is 5.29. The highest BCUT2D eigenvalue weighted by Gasteiger charge is 2.20. The highest BCUT2D eigenvalue weighted by molar-refractivity contribution is 5.99. The maximum absolute atomic E-state index is 11.8. The second-order valence-electron chi connectivity index (χ2n) is 3.74. The molecule has 0 bridgehead atoms. The predicted molar refractivity (Wildman–Crippen MR) is 62.0 cm³/mol. The standard InChI is InChI=1S/C12H15NO4/c1-3-9(12(16)17)13-11(15)8-6-4-5-7(2)10(8)14/h4-6,9,14H,3H2,1-2H3,(H,13,15)(H,16,17)/t9-/m1/s1. The third kappa shape index (κ3) is 2.96. The zero-order valence-corrected chi connectivity index (χ0v) is 9.73. The van der Waals surface area contributed by atoms with E-state index in [-0.39, 0.29) is 17.7 Å². The highest BCUT2D eigenvalue weighted by Crippen LogP contribution is 2.21. The number of nitrogens with one attached hydrogen (secondary N) is 1. The summed E-state index contributed by atoms with van der Waals surface area (Å²) in [6.45, 7) is 3.33. The number of phenolic OH excluding ortho intramolecular Hbond substituents is 1. The SMILES string of the molecule is CC[C@@H](NC(=O)c1cccc(C)c1O)C(=O)O. The molecule has 0 unspecified atom stereocenters. The van der Waals surface area contributed by atoms with Crippen molar-refractivity contribution in [2.24, 2.45) is 0 Å². The molecular weight excluding hydrogens is 222 g/mol. The summed E-state index contributed by atoms with van der Waals surface area (Å²) in [5.41, 5.74) is 0.658. The van der Waals surface area contributed by atoms with Crippen molar-refractivity contribution in [1.29, 1.82) is 0 Å². The van der Waals surface area contributed by atoms with Gasteiger partial charge in [0.1, 0.15) is 11.8 Å². The van der Waals surface area contributed by atoms with Gasteiger partial charge < -0.3 is 15.5 Å².